The van der Waals surface area contributed by atoms with E-state index in [1.165, 1.54) is 0 Å². The van der Waals surface area contributed by atoms with E-state index in [0.29, 0.717) is 17.8 Å². The summed E-state index contributed by atoms with van der Waals surface area (Å²) in [6.45, 7) is 6.52. The molecule has 14 heavy (non-hydrogen) atoms. The van der Waals surface area contributed by atoms with E-state index in [9.17, 15) is 0 Å². The van der Waals surface area contributed by atoms with Gasteiger partial charge in [0.2, 0.25) is 0 Å². The first kappa shape index (κ1) is 10.8. The summed E-state index contributed by atoms with van der Waals surface area (Å²) in [7, 11) is 0. The van der Waals surface area contributed by atoms with Crippen LogP contribution in [0.1, 0.15) is 27.2 Å². The van der Waals surface area contributed by atoms with Gasteiger partial charge in [0, 0.05) is 6.04 Å². The van der Waals surface area contributed by atoms with Crippen LogP contribution in [0.5, 0.6) is 0 Å². The zero-order chi connectivity index (χ0) is 10.6. The number of rotatable bonds is 4. The van der Waals surface area contributed by atoms with Gasteiger partial charge in [-0.3, -0.25) is 4.98 Å². The summed E-state index contributed by atoms with van der Waals surface area (Å²) in [5.41, 5.74) is 5.53. The number of aromatic nitrogens is 2. The van der Waals surface area contributed by atoms with Gasteiger partial charge in [0.05, 0.1) is 12.4 Å². The van der Waals surface area contributed by atoms with Crippen molar-refractivity contribution >= 4 is 11.6 Å². The summed E-state index contributed by atoms with van der Waals surface area (Å²) >= 11 is 0. The molecular formula is C10H18N4. The summed E-state index contributed by atoms with van der Waals surface area (Å²) in [6, 6.07) is 0.385. The molecule has 0 aliphatic carbocycles. The van der Waals surface area contributed by atoms with Crippen molar-refractivity contribution in [3.05, 3.63) is 12.4 Å². The zero-order valence-corrected chi connectivity index (χ0v) is 8.99. The lowest BCUT2D eigenvalue weighted by atomic mass is 10.0. The van der Waals surface area contributed by atoms with Crippen molar-refractivity contribution in [1.29, 1.82) is 0 Å². The Morgan fingerprint density at radius 2 is 2.14 bits per heavy atom. The van der Waals surface area contributed by atoms with Gasteiger partial charge in [-0.2, -0.15) is 0 Å². The molecule has 0 amide bonds. The molecule has 0 aliphatic rings. The summed E-state index contributed by atoms with van der Waals surface area (Å²) < 4.78 is 0. The molecule has 0 bridgehead atoms. The van der Waals surface area contributed by atoms with Crippen LogP contribution in [0.3, 0.4) is 0 Å². The third-order valence-corrected chi connectivity index (χ3v) is 2.53. The molecule has 4 nitrogen and oxygen atoms in total. The predicted molar refractivity (Wildman–Crippen MR) is 59.0 cm³/mol. The molecule has 0 saturated heterocycles. The van der Waals surface area contributed by atoms with Crippen molar-refractivity contribution in [2.75, 3.05) is 11.1 Å². The minimum atomic E-state index is 0.385. The second-order valence-electron chi connectivity index (χ2n) is 3.65. The van der Waals surface area contributed by atoms with Gasteiger partial charge in [-0.05, 0) is 12.8 Å². The summed E-state index contributed by atoms with van der Waals surface area (Å²) in [5, 5.41) is 3.28. The zero-order valence-electron chi connectivity index (χ0n) is 8.99. The highest BCUT2D eigenvalue weighted by Crippen LogP contribution is 2.12. The van der Waals surface area contributed by atoms with Crippen LogP contribution in [0.25, 0.3) is 0 Å². The van der Waals surface area contributed by atoms with Gasteiger partial charge in [-0.1, -0.05) is 20.3 Å². The summed E-state index contributed by atoms with van der Waals surface area (Å²) in [5.74, 6) is 1.81. The van der Waals surface area contributed by atoms with Crippen molar-refractivity contribution in [3.8, 4) is 0 Å². The smallest absolute Gasteiger partial charge is 0.147 e. The van der Waals surface area contributed by atoms with E-state index in [1.54, 1.807) is 12.4 Å². The molecule has 2 atom stereocenters. The summed E-state index contributed by atoms with van der Waals surface area (Å²) in [6.07, 6.45) is 4.37. The first-order chi connectivity index (χ1) is 6.63. The van der Waals surface area contributed by atoms with Gasteiger partial charge in [-0.15, -0.1) is 0 Å². The minimum Gasteiger partial charge on any atom is -0.382 e. The molecule has 78 valence electrons. The van der Waals surface area contributed by atoms with E-state index < -0.39 is 0 Å². The molecule has 0 fully saturated rings. The number of nitrogens with two attached hydrogens (primary N) is 1. The SMILES string of the molecule is CCC(C)C(C)Nc1cncc(N)n1. The first-order valence-corrected chi connectivity index (χ1v) is 4.97. The molecule has 1 heterocycles. The average molecular weight is 194 g/mol. The lowest BCUT2D eigenvalue weighted by Gasteiger charge is -2.20. The van der Waals surface area contributed by atoms with Gasteiger partial charge in [-0.25, -0.2) is 4.98 Å². The number of hydrogen-bond acceptors (Lipinski definition) is 4. The largest absolute Gasteiger partial charge is 0.382 e. The van der Waals surface area contributed by atoms with Gasteiger partial charge < -0.3 is 11.1 Å². The number of nitrogen functional groups attached to an aromatic ring is 1. The molecule has 0 aliphatic heterocycles. The molecular weight excluding hydrogens is 176 g/mol. The number of nitrogens with one attached hydrogen (secondary N) is 1. The topological polar surface area (TPSA) is 63.8 Å². The lowest BCUT2D eigenvalue weighted by molar-refractivity contribution is 0.493. The Morgan fingerprint density at radius 3 is 2.71 bits per heavy atom. The Bertz CT molecular complexity index is 287. The van der Waals surface area contributed by atoms with E-state index in [0.717, 1.165) is 12.2 Å². The van der Waals surface area contributed by atoms with Crippen LogP contribution in [-0.4, -0.2) is 16.0 Å². The Morgan fingerprint density at radius 1 is 1.43 bits per heavy atom. The second-order valence-corrected chi connectivity index (χ2v) is 3.65. The fraction of sp³-hybridized carbons (Fsp3) is 0.600. The minimum absolute atomic E-state index is 0.385. The van der Waals surface area contributed by atoms with E-state index in [-0.39, 0.29) is 0 Å². The van der Waals surface area contributed by atoms with Crippen LogP contribution in [0.15, 0.2) is 12.4 Å². The molecule has 1 aromatic rings. The molecule has 0 saturated carbocycles. The number of anilines is 2. The third kappa shape index (κ3) is 2.87. The Kier molecular flexibility index (Phi) is 3.68. The fourth-order valence-corrected chi connectivity index (χ4v) is 1.18. The monoisotopic (exact) mass is 194 g/mol. The standard InChI is InChI=1S/C10H18N4/c1-4-7(2)8(3)13-10-6-12-5-9(11)14-10/h5-8H,4H2,1-3H3,(H3,11,13,14). The highest BCUT2D eigenvalue weighted by Gasteiger charge is 2.10. The highest BCUT2D eigenvalue weighted by molar-refractivity contribution is 5.39. The number of nitrogens with zero attached hydrogens (tertiary/aromatic N) is 2. The Labute approximate surface area is 85.0 Å². The maximum absolute atomic E-state index is 5.53. The van der Waals surface area contributed by atoms with Crippen LogP contribution >= 0.6 is 0 Å². The van der Waals surface area contributed by atoms with Crippen molar-refractivity contribution < 1.29 is 0 Å². The second kappa shape index (κ2) is 4.79. The summed E-state index contributed by atoms with van der Waals surface area (Å²) in [4.78, 5) is 8.11. The van der Waals surface area contributed by atoms with Gasteiger partial charge >= 0.3 is 0 Å². The van der Waals surface area contributed by atoms with Crippen molar-refractivity contribution in [3.63, 3.8) is 0 Å². The molecule has 4 heteroatoms. The van der Waals surface area contributed by atoms with Gasteiger partial charge in [0.25, 0.3) is 0 Å². The average Bonchev–Trinajstić information content (AvgIpc) is 2.16. The third-order valence-electron chi connectivity index (χ3n) is 2.53. The first-order valence-electron chi connectivity index (χ1n) is 4.97. The molecule has 1 rings (SSSR count). The maximum atomic E-state index is 5.53. The van der Waals surface area contributed by atoms with Gasteiger partial charge in [0.15, 0.2) is 0 Å². The van der Waals surface area contributed by atoms with E-state index in [4.69, 9.17) is 5.73 Å². The predicted octanol–water partition coefficient (Wildman–Crippen LogP) is 1.91. The number of hydrogen-bond donors (Lipinski definition) is 2. The van der Waals surface area contributed by atoms with E-state index in [1.807, 2.05) is 0 Å². The molecule has 1 aromatic heterocycles. The van der Waals surface area contributed by atoms with Crippen LogP contribution < -0.4 is 11.1 Å². The lowest BCUT2D eigenvalue weighted by Crippen LogP contribution is -2.23. The molecule has 0 radical (unpaired) electrons. The quantitative estimate of drug-likeness (QED) is 0.768. The van der Waals surface area contributed by atoms with Crippen molar-refractivity contribution in [2.45, 2.75) is 33.2 Å². The molecule has 0 aromatic carbocycles. The molecule has 3 N–H and O–H groups in total. The van der Waals surface area contributed by atoms with Crippen molar-refractivity contribution in [1.82, 2.24) is 9.97 Å². The van der Waals surface area contributed by atoms with Crippen LogP contribution in [0, 0.1) is 5.92 Å². The molecule has 2 unspecified atom stereocenters. The van der Waals surface area contributed by atoms with Gasteiger partial charge in [0.1, 0.15) is 11.6 Å². The highest BCUT2D eigenvalue weighted by atomic mass is 15.1. The fourth-order valence-electron chi connectivity index (χ4n) is 1.18. The maximum Gasteiger partial charge on any atom is 0.147 e. The van der Waals surface area contributed by atoms with E-state index in [2.05, 4.69) is 36.1 Å². The van der Waals surface area contributed by atoms with E-state index >= 15 is 0 Å². The van der Waals surface area contributed by atoms with Crippen LogP contribution in [0.2, 0.25) is 0 Å². The Hall–Kier alpha value is -1.32. The Balaban J connectivity index is 2.60. The van der Waals surface area contributed by atoms with Crippen molar-refractivity contribution in [2.24, 2.45) is 5.92 Å². The normalized spacial score (nSPS) is 14.8. The molecule has 0 spiro atoms. The van der Waals surface area contributed by atoms with Crippen LogP contribution in [-0.2, 0) is 0 Å². The van der Waals surface area contributed by atoms with Crippen LogP contribution in [0.4, 0.5) is 11.6 Å².